The average Bonchev–Trinajstić information content (AvgIpc) is 2.74. The summed E-state index contributed by atoms with van der Waals surface area (Å²) in [7, 11) is 0. The summed E-state index contributed by atoms with van der Waals surface area (Å²) in [4.78, 5) is 19.3. The monoisotopic (exact) mass is 482 g/mol. The van der Waals surface area contributed by atoms with Gasteiger partial charge in [0, 0.05) is 18.5 Å². The van der Waals surface area contributed by atoms with Crippen LogP contribution >= 0.6 is 11.6 Å². The number of aromatic nitrogens is 2. The summed E-state index contributed by atoms with van der Waals surface area (Å²) in [6.07, 6.45) is -2.62. The molecule has 11 heteroatoms. The van der Waals surface area contributed by atoms with Crippen LogP contribution < -0.4 is 11.1 Å². The molecule has 1 heterocycles. The molecule has 7 nitrogen and oxygen atoms in total. The Hall–Kier alpha value is -3.37. The molecule has 2 aromatic carbocycles. The molecule has 1 aromatic heterocycles. The van der Waals surface area contributed by atoms with E-state index in [1.807, 2.05) is 30.3 Å². The van der Waals surface area contributed by atoms with Crippen LogP contribution in [0.4, 0.5) is 30.6 Å². The summed E-state index contributed by atoms with van der Waals surface area (Å²) in [5.74, 6) is -0.792. The Bertz CT molecular complexity index is 1070. The average molecular weight is 483 g/mol. The van der Waals surface area contributed by atoms with Gasteiger partial charge in [-0.15, -0.1) is 0 Å². The zero-order valence-electron chi connectivity index (χ0n) is 17.6. The minimum Gasteiger partial charge on any atom is -0.462 e. The molecule has 0 radical (unpaired) electrons. The Morgan fingerprint density at radius 3 is 2.45 bits per heavy atom. The van der Waals surface area contributed by atoms with Crippen molar-refractivity contribution in [2.24, 2.45) is 0 Å². The topological polar surface area (TPSA) is 110 Å². The zero-order chi connectivity index (χ0) is 24.4. The molecule has 0 amide bonds. The number of nitrogens with one attached hydrogen (secondary N) is 1. The van der Waals surface area contributed by atoms with E-state index in [1.165, 1.54) is 11.6 Å². The smallest absolute Gasteiger partial charge is 0.417 e. The normalized spacial score (nSPS) is 10.7. The van der Waals surface area contributed by atoms with Gasteiger partial charge in [0.25, 0.3) is 0 Å². The first-order valence-electron chi connectivity index (χ1n) is 9.73. The number of carbonyl (C=O) groups excluding carboxylic acids is 1. The third-order valence-electron chi connectivity index (χ3n) is 4.09. The maximum Gasteiger partial charge on any atom is 0.417 e. The van der Waals surface area contributed by atoms with Crippen molar-refractivity contribution in [2.75, 3.05) is 24.3 Å². The molecule has 3 rings (SSSR count). The molecule has 33 heavy (non-hydrogen) atoms. The van der Waals surface area contributed by atoms with Crippen molar-refractivity contribution in [3.05, 3.63) is 76.4 Å². The molecule has 0 fully saturated rings. The molecular weight excluding hydrogens is 461 g/mol. The number of aliphatic hydroxyl groups excluding tert-OH is 1. The number of ether oxygens (including phenoxy) is 1. The first-order chi connectivity index (χ1) is 15.7. The maximum atomic E-state index is 12.7. The lowest BCUT2D eigenvalue weighted by Gasteiger charge is -2.11. The lowest BCUT2D eigenvalue weighted by atomic mass is 10.2. The van der Waals surface area contributed by atoms with Crippen molar-refractivity contribution in [1.82, 2.24) is 9.97 Å². The van der Waals surface area contributed by atoms with E-state index in [9.17, 15) is 18.0 Å². The Kier molecular flexibility index (Phi) is 9.43. The lowest BCUT2D eigenvalue weighted by molar-refractivity contribution is -0.137. The number of rotatable bonds is 6. The van der Waals surface area contributed by atoms with E-state index < -0.39 is 22.7 Å². The largest absolute Gasteiger partial charge is 0.462 e. The second-order valence-corrected chi connectivity index (χ2v) is 6.90. The van der Waals surface area contributed by atoms with E-state index in [0.717, 1.165) is 24.8 Å². The third kappa shape index (κ3) is 7.92. The summed E-state index contributed by atoms with van der Waals surface area (Å²) in [6.45, 7) is 2.05. The SMILES string of the molecule is CCOC(=O)c1cnc(Nc2ccc(C(F)(F)F)c(Cl)c2)nc1N.OCCc1ccccc1. The van der Waals surface area contributed by atoms with Crippen molar-refractivity contribution in [2.45, 2.75) is 19.5 Å². The summed E-state index contributed by atoms with van der Waals surface area (Å²) in [5.41, 5.74) is 6.12. The van der Waals surface area contributed by atoms with Crippen LogP contribution in [0.15, 0.2) is 54.7 Å². The minimum atomic E-state index is -4.54. The van der Waals surface area contributed by atoms with E-state index in [2.05, 4.69) is 15.3 Å². The summed E-state index contributed by atoms with van der Waals surface area (Å²) in [5, 5.41) is 10.7. The summed E-state index contributed by atoms with van der Waals surface area (Å²) in [6, 6.07) is 13.0. The van der Waals surface area contributed by atoms with E-state index in [0.29, 0.717) is 0 Å². The van der Waals surface area contributed by atoms with Gasteiger partial charge < -0.3 is 20.9 Å². The van der Waals surface area contributed by atoms with Crippen LogP contribution in [0.5, 0.6) is 0 Å². The predicted molar refractivity (Wildman–Crippen MR) is 119 cm³/mol. The quantitative estimate of drug-likeness (QED) is 0.430. The number of alkyl halides is 3. The van der Waals surface area contributed by atoms with Crippen LogP contribution in [0.3, 0.4) is 0 Å². The van der Waals surface area contributed by atoms with Gasteiger partial charge in [-0.1, -0.05) is 41.9 Å². The highest BCUT2D eigenvalue weighted by molar-refractivity contribution is 6.31. The number of benzene rings is 2. The number of aliphatic hydroxyl groups is 1. The van der Waals surface area contributed by atoms with Crippen LogP contribution in [-0.2, 0) is 17.3 Å². The van der Waals surface area contributed by atoms with Gasteiger partial charge in [-0.3, -0.25) is 0 Å². The van der Waals surface area contributed by atoms with Gasteiger partial charge in [0.05, 0.1) is 17.2 Å². The maximum absolute atomic E-state index is 12.7. The van der Waals surface area contributed by atoms with Gasteiger partial charge in [-0.25, -0.2) is 9.78 Å². The second kappa shape index (κ2) is 12.0. The number of nitrogens with two attached hydrogens (primary N) is 1. The molecule has 0 spiro atoms. The molecule has 0 unspecified atom stereocenters. The number of hydrogen-bond donors (Lipinski definition) is 3. The molecule has 0 aliphatic carbocycles. The van der Waals surface area contributed by atoms with Crippen LogP contribution in [0.25, 0.3) is 0 Å². The van der Waals surface area contributed by atoms with Gasteiger partial charge in [-0.2, -0.15) is 18.2 Å². The van der Waals surface area contributed by atoms with Crippen molar-refractivity contribution < 1.29 is 27.8 Å². The Labute approximate surface area is 193 Å². The van der Waals surface area contributed by atoms with Crippen LogP contribution in [0, 0.1) is 0 Å². The van der Waals surface area contributed by atoms with E-state index in [4.69, 9.17) is 27.2 Å². The molecule has 0 aliphatic heterocycles. The van der Waals surface area contributed by atoms with Gasteiger partial charge >= 0.3 is 12.1 Å². The van der Waals surface area contributed by atoms with Gasteiger partial charge in [0.1, 0.15) is 11.4 Å². The van der Waals surface area contributed by atoms with Crippen LogP contribution in [0.2, 0.25) is 5.02 Å². The van der Waals surface area contributed by atoms with Crippen LogP contribution in [0.1, 0.15) is 28.4 Å². The number of esters is 1. The van der Waals surface area contributed by atoms with Crippen molar-refractivity contribution >= 4 is 35.0 Å². The molecule has 3 aromatic rings. The highest BCUT2D eigenvalue weighted by atomic mass is 35.5. The van der Waals surface area contributed by atoms with E-state index in [-0.39, 0.29) is 36.2 Å². The first-order valence-corrected chi connectivity index (χ1v) is 10.1. The molecule has 176 valence electrons. The van der Waals surface area contributed by atoms with Crippen LogP contribution in [-0.4, -0.2) is 34.3 Å². The minimum absolute atomic E-state index is 0.00336. The fourth-order valence-corrected chi connectivity index (χ4v) is 2.83. The molecule has 0 atom stereocenters. The molecule has 0 bridgehead atoms. The van der Waals surface area contributed by atoms with Crippen molar-refractivity contribution in [3.8, 4) is 0 Å². The molecule has 0 saturated carbocycles. The van der Waals surface area contributed by atoms with E-state index in [1.54, 1.807) is 6.92 Å². The second-order valence-electron chi connectivity index (χ2n) is 6.49. The number of nitrogen functional groups attached to an aromatic ring is 1. The van der Waals surface area contributed by atoms with Gasteiger partial charge in [0.2, 0.25) is 5.95 Å². The van der Waals surface area contributed by atoms with Crippen molar-refractivity contribution in [3.63, 3.8) is 0 Å². The van der Waals surface area contributed by atoms with Gasteiger partial charge in [0.15, 0.2) is 0 Å². The highest BCUT2D eigenvalue weighted by Gasteiger charge is 2.33. The Balaban J connectivity index is 0.000000357. The fourth-order valence-electron chi connectivity index (χ4n) is 2.55. The van der Waals surface area contributed by atoms with Gasteiger partial charge in [-0.05, 0) is 37.1 Å². The number of halogens is 4. The van der Waals surface area contributed by atoms with Crippen molar-refractivity contribution in [1.29, 1.82) is 0 Å². The number of nitrogens with zero attached hydrogens (tertiary/aromatic N) is 2. The number of carbonyl (C=O) groups is 1. The predicted octanol–water partition coefficient (Wildman–Crippen LogP) is 4.87. The highest BCUT2D eigenvalue weighted by Crippen LogP contribution is 2.36. The van der Waals surface area contributed by atoms with E-state index >= 15 is 0 Å². The zero-order valence-corrected chi connectivity index (χ0v) is 18.3. The third-order valence-corrected chi connectivity index (χ3v) is 4.40. The standard InChI is InChI=1S/C14H12ClF3N4O2.C8H10O/c1-2-24-12(23)8-6-20-13(22-11(8)19)21-7-3-4-9(10(15)5-7)14(16,17)18;9-7-6-8-4-2-1-3-5-8/h3-6H,2H2,1H3,(H3,19,20,21,22);1-5,9H,6-7H2. The Morgan fingerprint density at radius 1 is 1.21 bits per heavy atom. The summed E-state index contributed by atoms with van der Waals surface area (Å²) >= 11 is 5.63. The lowest BCUT2D eigenvalue weighted by Crippen LogP contribution is -2.11. The number of hydrogen-bond acceptors (Lipinski definition) is 7. The molecular formula is C22H22ClF3N4O3. The molecule has 4 N–H and O–H groups in total. The fraction of sp³-hybridized carbons (Fsp3) is 0.227. The summed E-state index contributed by atoms with van der Waals surface area (Å²) < 4.78 is 42.7. The molecule has 0 saturated heterocycles. The molecule has 0 aliphatic rings. The Morgan fingerprint density at radius 2 is 1.91 bits per heavy atom. The number of anilines is 3. The first kappa shape index (κ1) is 25.9.